The van der Waals surface area contributed by atoms with Gasteiger partial charge in [0, 0.05) is 44.5 Å². The van der Waals surface area contributed by atoms with Crippen molar-refractivity contribution in [3.05, 3.63) is 169 Å². The van der Waals surface area contributed by atoms with Gasteiger partial charge in [0.25, 0.3) is 0 Å². The highest BCUT2D eigenvalue weighted by atomic mass is 32.2. The van der Waals surface area contributed by atoms with E-state index in [9.17, 15) is 54.4 Å². The average Bonchev–Trinajstić information content (AvgIpc) is 0.736. The molecule has 10 rings (SSSR count). The van der Waals surface area contributed by atoms with E-state index in [4.69, 9.17) is 27.9 Å². The Morgan fingerprint density at radius 3 is 1.06 bits per heavy atom. The number of aliphatic hydroxyl groups excluding tert-OH is 8. The summed E-state index contributed by atoms with van der Waals surface area (Å²) in [5, 5.41) is 88.0. The molecule has 4 saturated carbocycles. The number of aryl methyl sites for hydroxylation is 1. The number of benzene rings is 6. The SMILES string of the molecule is C.C.C.C.C.C.CCC(C)c1ccc(OCCOc2c(CO)c(CO)c(O)c(CO)c2CO)cc1.CCC(C)c1ccc(OCCOc2c(CO)cc(C34CC5CC(CC(C5)C3)C4)cc2CO)cc1.CCC(C)c1ccc(OS(=O)(=O)CCOc2c(CO)cc(C)cc2CO)cc1. The predicted molar refractivity (Wildman–Crippen MR) is 391 cm³/mol. The van der Waals surface area contributed by atoms with Gasteiger partial charge in [0.05, 0.1) is 52.9 Å². The molecule has 6 aromatic carbocycles. The van der Waals surface area contributed by atoms with E-state index in [2.05, 4.69) is 65.8 Å². The number of aromatic hydroxyl groups is 1. The van der Waals surface area contributed by atoms with Crippen LogP contribution in [0.15, 0.2) is 97.1 Å². The lowest BCUT2D eigenvalue weighted by atomic mass is 9.48. The maximum absolute atomic E-state index is 12.2. The Kier molecular flexibility index (Phi) is 38.8. The average molecular weight is 1380 g/mol. The van der Waals surface area contributed by atoms with E-state index in [0.717, 1.165) is 65.0 Å². The molecule has 0 radical (unpaired) electrons. The van der Waals surface area contributed by atoms with Gasteiger partial charge < -0.3 is 73.8 Å². The van der Waals surface area contributed by atoms with E-state index in [-0.39, 0.29) is 141 Å². The fourth-order valence-electron chi connectivity index (χ4n) is 13.5. The third-order valence-electron chi connectivity index (χ3n) is 18.6. The van der Waals surface area contributed by atoms with E-state index in [1.807, 2.05) is 55.5 Å². The Labute approximate surface area is 582 Å². The summed E-state index contributed by atoms with van der Waals surface area (Å²) in [5.74, 6) is 6.14. The summed E-state index contributed by atoms with van der Waals surface area (Å²) < 4.78 is 58.5. The van der Waals surface area contributed by atoms with Gasteiger partial charge in [-0.3, -0.25) is 0 Å². The van der Waals surface area contributed by atoms with Gasteiger partial charge in [-0.05, 0) is 176 Å². The highest BCUT2D eigenvalue weighted by Crippen LogP contribution is 2.61. The molecule has 4 bridgehead atoms. The van der Waals surface area contributed by atoms with Gasteiger partial charge in [-0.2, -0.15) is 8.42 Å². The molecule has 4 fully saturated rings. The van der Waals surface area contributed by atoms with Crippen molar-refractivity contribution >= 4 is 10.1 Å². The van der Waals surface area contributed by atoms with Crippen molar-refractivity contribution in [2.75, 3.05) is 38.8 Å². The van der Waals surface area contributed by atoms with Crippen molar-refractivity contribution in [1.82, 2.24) is 0 Å². The molecule has 0 heterocycles. The number of phenols is 1. The van der Waals surface area contributed by atoms with Crippen LogP contribution in [0.25, 0.3) is 0 Å². The van der Waals surface area contributed by atoms with Gasteiger partial charge in [0.2, 0.25) is 0 Å². The van der Waals surface area contributed by atoms with Crippen LogP contribution in [0.2, 0.25) is 0 Å². The van der Waals surface area contributed by atoms with Crippen molar-refractivity contribution in [3.63, 3.8) is 0 Å². The topological polar surface area (TPSA) is 272 Å². The molecule has 3 atom stereocenters. The van der Waals surface area contributed by atoms with Crippen molar-refractivity contribution in [2.24, 2.45) is 17.8 Å². The first-order chi connectivity index (χ1) is 43.8. The zero-order chi connectivity index (χ0) is 65.8. The second-order valence-corrected chi connectivity index (χ2v) is 26.5. The quantitative estimate of drug-likeness (QED) is 0.0145. The van der Waals surface area contributed by atoms with E-state index in [1.165, 1.54) is 55.2 Å². The maximum atomic E-state index is 12.2. The third-order valence-corrected chi connectivity index (χ3v) is 19.7. The van der Waals surface area contributed by atoms with Gasteiger partial charge in [0.15, 0.2) is 0 Å². The zero-order valence-electron chi connectivity index (χ0n) is 54.2. The molecule has 4 aliphatic rings. The normalized spacial score (nSPS) is 17.1. The summed E-state index contributed by atoms with van der Waals surface area (Å²) in [7, 11) is -3.84. The molecule has 4 aliphatic carbocycles. The summed E-state index contributed by atoms with van der Waals surface area (Å²) in [6.07, 6.45) is 11.2. The minimum atomic E-state index is -3.84. The van der Waals surface area contributed by atoms with Gasteiger partial charge in [-0.25, -0.2) is 0 Å². The number of rotatable bonds is 31. The summed E-state index contributed by atoms with van der Waals surface area (Å²) >= 11 is 0. The zero-order valence-corrected chi connectivity index (χ0v) is 55.0. The van der Waals surface area contributed by atoms with Crippen LogP contribution in [0.4, 0.5) is 0 Å². The van der Waals surface area contributed by atoms with Crippen molar-refractivity contribution in [3.8, 4) is 40.2 Å². The smallest absolute Gasteiger partial charge is 0.312 e. The first-order valence-corrected chi connectivity index (χ1v) is 33.8. The van der Waals surface area contributed by atoms with E-state index >= 15 is 0 Å². The monoisotopic (exact) mass is 1370 g/mol. The summed E-state index contributed by atoms with van der Waals surface area (Å²) in [6.45, 7) is 12.9. The highest BCUT2D eigenvalue weighted by Gasteiger charge is 2.52. The van der Waals surface area contributed by atoms with Crippen molar-refractivity contribution < 1.29 is 82.2 Å². The van der Waals surface area contributed by atoms with E-state index in [1.54, 1.807) is 24.3 Å². The summed E-state index contributed by atoms with van der Waals surface area (Å²) in [6, 6.07) is 30.9. The largest absolute Gasteiger partial charge is 0.507 e. The Morgan fingerprint density at radius 1 is 0.423 bits per heavy atom. The lowest BCUT2D eigenvalue weighted by Crippen LogP contribution is -2.48. The molecule has 0 saturated heterocycles. The first kappa shape index (κ1) is 88.6. The molecule has 0 amide bonds. The Bertz CT molecular complexity index is 3230. The van der Waals surface area contributed by atoms with E-state index < -0.39 is 36.5 Å². The number of ether oxygens (including phenoxy) is 5. The third kappa shape index (κ3) is 23.1. The molecule has 97 heavy (non-hydrogen) atoms. The molecule has 18 heteroatoms. The summed E-state index contributed by atoms with van der Waals surface area (Å²) in [5.41, 5.74) is 9.15. The van der Waals surface area contributed by atoms with Crippen LogP contribution < -0.4 is 27.9 Å². The van der Waals surface area contributed by atoms with Crippen LogP contribution >= 0.6 is 0 Å². The molecular formula is C79H122O17S. The summed E-state index contributed by atoms with van der Waals surface area (Å²) in [4.78, 5) is 0. The Balaban J connectivity index is 0.000000710. The first-order valence-electron chi connectivity index (χ1n) is 32.2. The molecule has 17 nitrogen and oxygen atoms in total. The van der Waals surface area contributed by atoms with Crippen molar-refractivity contribution in [1.29, 1.82) is 0 Å². The number of hydrogen-bond acceptors (Lipinski definition) is 17. The lowest BCUT2D eigenvalue weighted by Gasteiger charge is -2.57. The van der Waals surface area contributed by atoms with Crippen molar-refractivity contribution in [2.45, 2.75) is 227 Å². The fourth-order valence-corrected chi connectivity index (χ4v) is 14.2. The van der Waals surface area contributed by atoms with Crippen LogP contribution in [0.5, 0.6) is 40.2 Å². The van der Waals surface area contributed by atoms with Gasteiger partial charge in [-0.15, -0.1) is 0 Å². The minimum absolute atomic E-state index is 0. The molecular weight excluding hydrogens is 1250 g/mol. The lowest BCUT2D eigenvalue weighted by molar-refractivity contribution is -0.00535. The van der Waals surface area contributed by atoms with E-state index in [0.29, 0.717) is 59.3 Å². The van der Waals surface area contributed by atoms with Crippen LogP contribution in [-0.2, 0) is 68.4 Å². The maximum Gasteiger partial charge on any atom is 0.312 e. The molecule has 546 valence electrons. The molecule has 0 aliphatic heterocycles. The Morgan fingerprint density at radius 2 is 0.732 bits per heavy atom. The van der Waals surface area contributed by atoms with Crippen LogP contribution in [0, 0.1) is 24.7 Å². The van der Waals surface area contributed by atoms with Crippen LogP contribution in [0.3, 0.4) is 0 Å². The molecule has 0 aromatic heterocycles. The van der Waals surface area contributed by atoms with Gasteiger partial charge >= 0.3 is 10.1 Å². The molecule has 9 N–H and O–H groups in total. The number of aliphatic hydroxyl groups is 8. The van der Waals surface area contributed by atoms with Crippen LogP contribution in [-0.4, -0.2) is 93.2 Å². The fraction of sp³-hybridized carbons (Fsp3) is 0.544. The predicted octanol–water partition coefficient (Wildman–Crippen LogP) is 15.5. The second kappa shape index (κ2) is 42.5. The molecule has 0 spiro atoms. The standard InChI is InChI=1S/C30H40O4.C22H30O7.C21H28O6S.6CH4/c1-3-20(2)24-4-6-28(7-5-24)33-8-9-34-29-25(18-31)13-27(14-26(29)19-32)30-15-21-10-22(16-30)12-23(11-21)17-30;1-3-14(2)15-4-6-16(7-5-15)28-8-9-29-22-19(12-25)17(10-23)21(27)18(11-24)20(22)13-26;1-4-16(3)17-5-7-20(8-6-17)27-28(24,25)10-9-26-21-18(13-22)11-15(2)12-19(21)14-23;;;;;;/h4-7,13-14,20-23,31-32H,3,8-12,15-19H2,1-2H3;4-7,14,23-27H,3,8-13H2,1-2H3;5-8,11-12,16,22-23H,4,9-10,13-14H2,1-3H3;6*1H4. The second-order valence-electron chi connectivity index (χ2n) is 24.8. The van der Waals surface area contributed by atoms with Gasteiger partial charge in [-0.1, -0.05) is 140 Å². The molecule has 3 unspecified atom stereocenters. The highest BCUT2D eigenvalue weighted by molar-refractivity contribution is 7.87. The molecule has 6 aromatic rings. The van der Waals surface area contributed by atoms with Gasteiger partial charge in [0.1, 0.15) is 79.0 Å². The Hall–Kier alpha value is -6.45. The number of hydrogen-bond donors (Lipinski definition) is 9. The van der Waals surface area contributed by atoms with Crippen LogP contribution in [0.1, 0.15) is 234 Å². The minimum Gasteiger partial charge on any atom is -0.507 e.